The molecule has 0 aliphatic carbocycles. The summed E-state index contributed by atoms with van der Waals surface area (Å²) in [7, 11) is 0. The first-order valence-electron chi connectivity index (χ1n) is 4.07. The minimum Gasteiger partial charge on any atom is -0.380 e. The minimum atomic E-state index is 0.389. The van der Waals surface area contributed by atoms with Gasteiger partial charge in [-0.05, 0) is 19.4 Å². The van der Waals surface area contributed by atoms with E-state index in [1.165, 1.54) is 12.8 Å². The van der Waals surface area contributed by atoms with Crippen LogP contribution in [0.15, 0.2) is 0 Å². The molecule has 0 radical (unpaired) electrons. The monoisotopic (exact) mass is 128 g/mol. The minimum absolute atomic E-state index is 0.389. The summed E-state index contributed by atoms with van der Waals surface area (Å²) in [5.41, 5.74) is 0.389. The van der Waals surface area contributed by atoms with Crippen molar-refractivity contribution in [3.63, 3.8) is 0 Å². The number of hydrogen-bond donors (Lipinski definition) is 1. The molecule has 2 heterocycles. The lowest BCUT2D eigenvalue weighted by Crippen LogP contribution is -2.52. The van der Waals surface area contributed by atoms with E-state index in [9.17, 15) is 0 Å². The molecule has 0 aromatic heterocycles. The van der Waals surface area contributed by atoms with Crippen LogP contribution in [-0.2, 0) is 4.74 Å². The first-order valence-corrected chi connectivity index (χ1v) is 3.62. The molecule has 0 amide bonds. The highest BCUT2D eigenvalue weighted by molar-refractivity contribution is 4.90. The summed E-state index contributed by atoms with van der Waals surface area (Å²) in [6, 6.07) is 0. The van der Waals surface area contributed by atoms with Gasteiger partial charge in [0.1, 0.15) is 1.41 Å². The Morgan fingerprint density at radius 2 is 2.44 bits per heavy atom. The lowest BCUT2D eigenvalue weighted by molar-refractivity contribution is -0.122. The van der Waals surface area contributed by atoms with Gasteiger partial charge in [-0.25, -0.2) is 0 Å². The second kappa shape index (κ2) is 1.96. The molecule has 2 heteroatoms. The molecule has 2 aliphatic rings. The van der Waals surface area contributed by atoms with Crippen LogP contribution in [0.1, 0.15) is 12.8 Å². The molecule has 2 rings (SSSR count). The highest BCUT2D eigenvalue weighted by Crippen LogP contribution is 2.33. The number of hydrogen-bond acceptors (Lipinski definition) is 2. The van der Waals surface area contributed by atoms with Crippen LogP contribution in [0, 0.1) is 5.41 Å². The van der Waals surface area contributed by atoms with Crippen LogP contribution >= 0.6 is 0 Å². The molecule has 1 spiro atoms. The Hall–Kier alpha value is -0.0800. The molecule has 52 valence electrons. The van der Waals surface area contributed by atoms with E-state index in [1.807, 2.05) is 0 Å². The average molecular weight is 128 g/mol. The maximum atomic E-state index is 7.44. The maximum Gasteiger partial charge on any atom is 0.122 e. The van der Waals surface area contributed by atoms with Gasteiger partial charge in [0.05, 0.1) is 13.2 Å². The third-order valence-electron chi connectivity index (χ3n) is 2.29. The zero-order chi connectivity index (χ0) is 7.03. The van der Waals surface area contributed by atoms with Gasteiger partial charge in [0.15, 0.2) is 0 Å². The van der Waals surface area contributed by atoms with Crippen LogP contribution < -0.4 is 5.31 Å². The van der Waals surface area contributed by atoms with Crippen LogP contribution in [0.25, 0.3) is 0 Å². The van der Waals surface area contributed by atoms with E-state index in [4.69, 9.17) is 6.15 Å². The topological polar surface area (TPSA) is 21.3 Å². The van der Waals surface area contributed by atoms with Crippen LogP contribution in [0.4, 0.5) is 0 Å². The molecule has 9 heavy (non-hydrogen) atoms. The Morgan fingerprint density at radius 3 is 2.89 bits per heavy atom. The molecule has 1 N–H and O–H groups in total. The van der Waals surface area contributed by atoms with Crippen LogP contribution in [0.5, 0.6) is 0 Å². The smallest absolute Gasteiger partial charge is 0.122 e. The molecular formula is C7H13NO. The third kappa shape index (κ3) is 0.864. The molecule has 0 aromatic carbocycles. The SMILES string of the molecule is [2H]N1CCCC2(COC2)C1. The molecule has 0 bridgehead atoms. The predicted molar refractivity (Wildman–Crippen MR) is 35.4 cm³/mol. The number of nitrogens with one attached hydrogen (secondary N) is 1. The van der Waals surface area contributed by atoms with Crippen molar-refractivity contribution in [1.82, 2.24) is 5.31 Å². The summed E-state index contributed by atoms with van der Waals surface area (Å²) in [6.07, 6.45) is 2.44. The van der Waals surface area contributed by atoms with Gasteiger partial charge in [-0.2, -0.15) is 0 Å². The van der Waals surface area contributed by atoms with Gasteiger partial charge in [-0.1, -0.05) is 0 Å². The van der Waals surface area contributed by atoms with E-state index in [0.29, 0.717) is 5.41 Å². The summed E-state index contributed by atoms with van der Waals surface area (Å²) in [4.78, 5) is 0. The van der Waals surface area contributed by atoms with Gasteiger partial charge in [0, 0.05) is 12.0 Å². The van der Waals surface area contributed by atoms with Gasteiger partial charge < -0.3 is 10.0 Å². The van der Waals surface area contributed by atoms with Gasteiger partial charge in [0.2, 0.25) is 0 Å². The summed E-state index contributed by atoms with van der Waals surface area (Å²) in [5.74, 6) is 0. The summed E-state index contributed by atoms with van der Waals surface area (Å²) >= 11 is 0. The van der Waals surface area contributed by atoms with Crippen molar-refractivity contribution in [3.05, 3.63) is 0 Å². The Labute approximate surface area is 57.0 Å². The van der Waals surface area contributed by atoms with Crippen LogP contribution in [-0.4, -0.2) is 26.3 Å². The Morgan fingerprint density at radius 1 is 1.56 bits per heavy atom. The van der Waals surface area contributed by atoms with Gasteiger partial charge >= 0.3 is 0 Å². The number of rotatable bonds is 0. The fourth-order valence-corrected chi connectivity index (χ4v) is 1.59. The van der Waals surface area contributed by atoms with Crippen molar-refractivity contribution < 1.29 is 6.15 Å². The van der Waals surface area contributed by atoms with E-state index in [-0.39, 0.29) is 0 Å². The number of ether oxygens (including phenoxy) is 1. The molecule has 0 saturated carbocycles. The van der Waals surface area contributed by atoms with Crippen LogP contribution in [0.2, 0.25) is 1.41 Å². The zero-order valence-electron chi connectivity index (χ0n) is 6.60. The fourth-order valence-electron chi connectivity index (χ4n) is 1.59. The molecular weight excluding hydrogens is 114 g/mol. The van der Waals surface area contributed by atoms with Crippen molar-refractivity contribution in [1.29, 1.82) is 0 Å². The third-order valence-corrected chi connectivity index (χ3v) is 2.29. The van der Waals surface area contributed by atoms with Crippen molar-refractivity contribution in [2.75, 3.05) is 26.3 Å². The second-order valence-electron chi connectivity index (χ2n) is 3.20. The zero-order valence-corrected chi connectivity index (χ0v) is 5.60. The van der Waals surface area contributed by atoms with E-state index in [0.717, 1.165) is 26.3 Å². The lowest BCUT2D eigenvalue weighted by Gasteiger charge is -2.44. The first-order chi connectivity index (χ1) is 4.81. The van der Waals surface area contributed by atoms with Crippen molar-refractivity contribution >= 4 is 0 Å². The molecule has 2 saturated heterocycles. The molecule has 2 aliphatic heterocycles. The Balaban J connectivity index is 1.96. The summed E-state index contributed by atoms with van der Waals surface area (Å²) in [5, 5.41) is 1.67. The van der Waals surface area contributed by atoms with Crippen LogP contribution in [0.3, 0.4) is 0 Å². The maximum absolute atomic E-state index is 7.44. The van der Waals surface area contributed by atoms with E-state index >= 15 is 0 Å². The Bertz CT molecular complexity index is 136. The van der Waals surface area contributed by atoms with Gasteiger partial charge in [0.25, 0.3) is 0 Å². The quantitative estimate of drug-likeness (QED) is 0.509. The highest BCUT2D eigenvalue weighted by atomic mass is 16.5. The first kappa shape index (κ1) is 4.69. The second-order valence-corrected chi connectivity index (χ2v) is 3.20. The number of piperidine rings is 1. The molecule has 0 unspecified atom stereocenters. The molecule has 2 fully saturated rings. The van der Waals surface area contributed by atoms with E-state index < -0.39 is 0 Å². The summed E-state index contributed by atoms with van der Waals surface area (Å²) < 4.78 is 12.6. The largest absolute Gasteiger partial charge is 0.380 e. The van der Waals surface area contributed by atoms with Crippen molar-refractivity contribution in [3.8, 4) is 0 Å². The molecule has 2 nitrogen and oxygen atoms in total. The Kier molecular flexibility index (Phi) is 1.02. The predicted octanol–water partition coefficient (Wildman–Crippen LogP) is 0.386. The lowest BCUT2D eigenvalue weighted by atomic mass is 9.79. The standard InChI is InChI=1S/C7H13NO/c1-2-7(4-8-3-1)5-9-6-7/h8H,1-6H2/i/hD. The van der Waals surface area contributed by atoms with E-state index in [1.54, 1.807) is 5.31 Å². The highest BCUT2D eigenvalue weighted by Gasteiger charge is 2.39. The van der Waals surface area contributed by atoms with Crippen molar-refractivity contribution in [2.24, 2.45) is 5.41 Å². The normalized spacial score (nSPS) is 35.8. The van der Waals surface area contributed by atoms with Gasteiger partial charge in [-0.3, -0.25) is 0 Å². The molecule has 0 aromatic rings. The molecule has 0 atom stereocenters. The summed E-state index contributed by atoms with van der Waals surface area (Å²) in [6.45, 7) is 3.65. The average Bonchev–Trinajstić information content (AvgIpc) is 1.85. The van der Waals surface area contributed by atoms with Crippen molar-refractivity contribution in [2.45, 2.75) is 12.8 Å². The fraction of sp³-hybridized carbons (Fsp3) is 1.00. The van der Waals surface area contributed by atoms with Gasteiger partial charge in [-0.15, -0.1) is 0 Å². The van der Waals surface area contributed by atoms with E-state index in [2.05, 4.69) is 0 Å².